The first kappa shape index (κ1) is 11.5. The third kappa shape index (κ3) is 3.64. The first-order chi connectivity index (χ1) is 6.65. The fraction of sp³-hybridized carbons (Fsp3) is 0.900. The van der Waals surface area contributed by atoms with Crippen LogP contribution in [0.5, 0.6) is 0 Å². The first-order valence-corrected chi connectivity index (χ1v) is 5.30. The van der Waals surface area contributed by atoms with E-state index in [0.717, 1.165) is 0 Å². The summed E-state index contributed by atoms with van der Waals surface area (Å²) >= 11 is 0. The molecule has 0 heterocycles. The van der Waals surface area contributed by atoms with Crippen molar-refractivity contribution in [1.29, 1.82) is 0 Å². The molecule has 0 aromatic heterocycles. The van der Waals surface area contributed by atoms with E-state index in [1.165, 1.54) is 12.8 Å². The second-order valence-corrected chi connectivity index (χ2v) is 3.84. The van der Waals surface area contributed by atoms with Gasteiger partial charge in [0.25, 0.3) is 0 Å². The van der Waals surface area contributed by atoms with E-state index in [-0.39, 0.29) is 18.1 Å². The molecular weight excluding hydrogens is 180 g/mol. The number of hydrogen-bond donors (Lipinski definition) is 2. The van der Waals surface area contributed by atoms with Crippen molar-refractivity contribution in [2.24, 2.45) is 11.7 Å². The van der Waals surface area contributed by atoms with Gasteiger partial charge in [-0.05, 0) is 32.6 Å². The highest BCUT2D eigenvalue weighted by Crippen LogP contribution is 2.31. The smallest absolute Gasteiger partial charge is 0.248 e. The summed E-state index contributed by atoms with van der Waals surface area (Å²) in [6.45, 7) is 4.76. The Bertz CT molecular complexity index is 193. The lowest BCUT2D eigenvalue weighted by atomic mass is 10.2. The minimum Gasteiger partial charge on any atom is -0.369 e. The summed E-state index contributed by atoms with van der Waals surface area (Å²) in [6.07, 6.45) is 2.04. The largest absolute Gasteiger partial charge is 0.369 e. The molecule has 1 fully saturated rings. The summed E-state index contributed by atoms with van der Waals surface area (Å²) in [6, 6.07) is 0.118. The van der Waals surface area contributed by atoms with Crippen molar-refractivity contribution in [2.45, 2.75) is 38.8 Å². The molecule has 0 aromatic carbocycles. The highest BCUT2D eigenvalue weighted by Gasteiger charge is 2.28. The Morgan fingerprint density at radius 3 is 2.79 bits per heavy atom. The van der Waals surface area contributed by atoms with Crippen LogP contribution in [0.1, 0.15) is 26.7 Å². The second kappa shape index (κ2) is 5.32. The van der Waals surface area contributed by atoms with Gasteiger partial charge in [-0.3, -0.25) is 4.79 Å². The third-order valence-electron chi connectivity index (χ3n) is 2.53. The normalized spacial score (nSPS) is 20.2. The third-order valence-corrected chi connectivity index (χ3v) is 2.53. The molecule has 0 aliphatic heterocycles. The monoisotopic (exact) mass is 200 g/mol. The van der Waals surface area contributed by atoms with Crippen molar-refractivity contribution in [2.75, 3.05) is 13.2 Å². The Morgan fingerprint density at radius 1 is 1.64 bits per heavy atom. The molecule has 1 rings (SSSR count). The van der Waals surface area contributed by atoms with Crippen LogP contribution in [-0.4, -0.2) is 31.2 Å². The van der Waals surface area contributed by atoms with Crippen LogP contribution in [0.2, 0.25) is 0 Å². The van der Waals surface area contributed by atoms with Crippen LogP contribution in [0.25, 0.3) is 0 Å². The second-order valence-electron chi connectivity index (χ2n) is 3.84. The Morgan fingerprint density at radius 2 is 2.29 bits per heavy atom. The molecule has 82 valence electrons. The SMILES string of the molecule is CCOC(C)C(=O)NCC(N)C1CC1. The molecule has 14 heavy (non-hydrogen) atoms. The molecule has 1 amide bonds. The lowest BCUT2D eigenvalue weighted by Crippen LogP contribution is -2.42. The maximum atomic E-state index is 11.4. The molecule has 2 atom stereocenters. The van der Waals surface area contributed by atoms with Crippen molar-refractivity contribution in [3.05, 3.63) is 0 Å². The topological polar surface area (TPSA) is 64.3 Å². The van der Waals surface area contributed by atoms with Crippen LogP contribution in [0.3, 0.4) is 0 Å². The van der Waals surface area contributed by atoms with Gasteiger partial charge in [0.15, 0.2) is 0 Å². The van der Waals surface area contributed by atoms with Crippen LogP contribution in [0, 0.1) is 5.92 Å². The van der Waals surface area contributed by atoms with E-state index >= 15 is 0 Å². The fourth-order valence-electron chi connectivity index (χ4n) is 1.38. The lowest BCUT2D eigenvalue weighted by Gasteiger charge is -2.15. The first-order valence-electron chi connectivity index (χ1n) is 5.30. The molecule has 4 heteroatoms. The zero-order chi connectivity index (χ0) is 10.6. The van der Waals surface area contributed by atoms with E-state index in [4.69, 9.17) is 10.5 Å². The quantitative estimate of drug-likeness (QED) is 0.646. The van der Waals surface area contributed by atoms with Crippen LogP contribution in [0.4, 0.5) is 0 Å². The number of hydrogen-bond acceptors (Lipinski definition) is 3. The van der Waals surface area contributed by atoms with Gasteiger partial charge in [0.05, 0.1) is 0 Å². The zero-order valence-electron chi connectivity index (χ0n) is 8.95. The summed E-state index contributed by atoms with van der Waals surface area (Å²) in [5.74, 6) is 0.556. The van der Waals surface area contributed by atoms with E-state index in [0.29, 0.717) is 19.1 Å². The number of ether oxygens (including phenoxy) is 1. The number of rotatable bonds is 6. The number of nitrogens with two attached hydrogens (primary N) is 1. The Balaban J connectivity index is 2.12. The van der Waals surface area contributed by atoms with Gasteiger partial charge >= 0.3 is 0 Å². The lowest BCUT2D eigenvalue weighted by molar-refractivity contribution is -0.131. The molecule has 2 unspecified atom stereocenters. The molecule has 0 spiro atoms. The van der Waals surface area contributed by atoms with Crippen LogP contribution in [0.15, 0.2) is 0 Å². The fourth-order valence-corrected chi connectivity index (χ4v) is 1.38. The Kier molecular flexibility index (Phi) is 4.35. The van der Waals surface area contributed by atoms with E-state index in [1.54, 1.807) is 6.92 Å². The van der Waals surface area contributed by atoms with E-state index in [2.05, 4.69) is 5.32 Å². The van der Waals surface area contributed by atoms with Gasteiger partial charge < -0.3 is 15.8 Å². The Labute approximate surface area is 85.2 Å². The summed E-state index contributed by atoms with van der Waals surface area (Å²) < 4.78 is 5.16. The maximum absolute atomic E-state index is 11.4. The van der Waals surface area contributed by atoms with E-state index < -0.39 is 0 Å². The van der Waals surface area contributed by atoms with Crippen molar-refractivity contribution >= 4 is 5.91 Å². The highest BCUT2D eigenvalue weighted by atomic mass is 16.5. The van der Waals surface area contributed by atoms with Gasteiger partial charge in [-0.25, -0.2) is 0 Å². The highest BCUT2D eigenvalue weighted by molar-refractivity contribution is 5.80. The van der Waals surface area contributed by atoms with Gasteiger partial charge in [-0.2, -0.15) is 0 Å². The average Bonchev–Trinajstić information content (AvgIpc) is 2.97. The molecule has 3 N–H and O–H groups in total. The molecule has 1 aliphatic rings. The van der Waals surface area contributed by atoms with Crippen molar-refractivity contribution in [1.82, 2.24) is 5.32 Å². The zero-order valence-corrected chi connectivity index (χ0v) is 8.95. The van der Waals surface area contributed by atoms with Crippen molar-refractivity contribution in [3.63, 3.8) is 0 Å². The number of amides is 1. The van der Waals surface area contributed by atoms with Crippen molar-refractivity contribution in [3.8, 4) is 0 Å². The maximum Gasteiger partial charge on any atom is 0.248 e. The average molecular weight is 200 g/mol. The van der Waals surface area contributed by atoms with E-state index in [9.17, 15) is 4.79 Å². The predicted octanol–water partition coefficient (Wildman–Crippen LogP) is 0.265. The molecular formula is C10H20N2O2. The molecule has 0 aromatic rings. The summed E-state index contributed by atoms with van der Waals surface area (Å²) in [5, 5.41) is 2.80. The van der Waals surface area contributed by atoms with Gasteiger partial charge in [-0.1, -0.05) is 0 Å². The summed E-state index contributed by atoms with van der Waals surface area (Å²) in [4.78, 5) is 11.4. The summed E-state index contributed by atoms with van der Waals surface area (Å²) in [7, 11) is 0. The van der Waals surface area contributed by atoms with Crippen LogP contribution >= 0.6 is 0 Å². The van der Waals surface area contributed by atoms with Gasteiger partial charge in [0.2, 0.25) is 5.91 Å². The molecule has 1 aliphatic carbocycles. The Hall–Kier alpha value is -0.610. The van der Waals surface area contributed by atoms with Gasteiger partial charge in [-0.15, -0.1) is 0 Å². The number of carbonyl (C=O) groups excluding carboxylic acids is 1. The minimum atomic E-state index is -0.369. The number of nitrogens with one attached hydrogen (secondary N) is 1. The predicted molar refractivity (Wildman–Crippen MR) is 54.8 cm³/mol. The molecule has 0 saturated heterocycles. The molecule has 1 saturated carbocycles. The number of carbonyl (C=O) groups is 1. The summed E-state index contributed by atoms with van der Waals surface area (Å²) in [5.41, 5.74) is 5.85. The standard InChI is InChI=1S/C10H20N2O2/c1-3-14-7(2)10(13)12-6-9(11)8-4-5-8/h7-9H,3-6,11H2,1-2H3,(H,12,13). The molecule has 0 bridgehead atoms. The molecule has 4 nitrogen and oxygen atoms in total. The van der Waals surface area contributed by atoms with E-state index in [1.807, 2.05) is 6.92 Å². The van der Waals surface area contributed by atoms with Crippen molar-refractivity contribution < 1.29 is 9.53 Å². The minimum absolute atomic E-state index is 0.0667. The van der Waals surface area contributed by atoms with Crippen LogP contribution in [-0.2, 0) is 9.53 Å². The van der Waals surface area contributed by atoms with Gasteiger partial charge in [0.1, 0.15) is 6.10 Å². The van der Waals surface area contributed by atoms with Gasteiger partial charge in [0, 0.05) is 19.2 Å². The molecule has 0 radical (unpaired) electrons. The van der Waals surface area contributed by atoms with Crippen LogP contribution < -0.4 is 11.1 Å².